The summed E-state index contributed by atoms with van der Waals surface area (Å²) in [5, 5.41) is 4.73. The maximum atomic E-state index is 13.0. The minimum atomic E-state index is -0.193. The van der Waals surface area contributed by atoms with Gasteiger partial charge in [-0.1, -0.05) is 29.8 Å². The van der Waals surface area contributed by atoms with E-state index in [1.807, 2.05) is 37.3 Å². The maximum absolute atomic E-state index is 13.0. The van der Waals surface area contributed by atoms with Crippen LogP contribution in [0.15, 0.2) is 42.5 Å². The second-order valence-corrected chi connectivity index (χ2v) is 7.27. The molecule has 0 aromatic heterocycles. The van der Waals surface area contributed by atoms with E-state index in [4.69, 9.17) is 23.8 Å². The first-order chi connectivity index (χ1) is 12.0. The smallest absolute Gasteiger partial charge is 0.177 e. The largest absolute Gasteiger partial charge is 0.332 e. The highest BCUT2D eigenvalue weighted by atomic mass is 35.5. The summed E-state index contributed by atoms with van der Waals surface area (Å²) in [4.78, 5) is 3.61. The number of nitrogens with one attached hydrogen (secondary N) is 2. The van der Waals surface area contributed by atoms with Crippen molar-refractivity contribution in [2.75, 3.05) is 25.1 Å². The molecule has 1 fully saturated rings. The van der Waals surface area contributed by atoms with Crippen LogP contribution in [-0.4, -0.2) is 29.8 Å². The van der Waals surface area contributed by atoms with E-state index in [9.17, 15) is 4.39 Å². The molecule has 2 aromatic carbocycles. The zero-order valence-electron chi connectivity index (χ0n) is 14.2. The van der Waals surface area contributed by atoms with Crippen LogP contribution in [-0.2, 0) is 6.54 Å². The van der Waals surface area contributed by atoms with Gasteiger partial charge in [0.05, 0.1) is 6.54 Å². The Labute approximate surface area is 158 Å². The molecule has 0 spiro atoms. The lowest BCUT2D eigenvalue weighted by Crippen LogP contribution is -3.13. The summed E-state index contributed by atoms with van der Waals surface area (Å²) in [6.45, 7) is 5.72. The van der Waals surface area contributed by atoms with Gasteiger partial charge in [0.15, 0.2) is 11.8 Å². The monoisotopic (exact) mass is 378 g/mol. The summed E-state index contributed by atoms with van der Waals surface area (Å²) >= 11 is 11.8. The highest BCUT2D eigenvalue weighted by Gasteiger charge is 2.22. The number of rotatable bonds is 3. The SMILES string of the molecule is Cc1ccc(NC(=S)N2CCC[NH+](Cc3ccc(F)cc3)C2)cc1Cl. The van der Waals surface area contributed by atoms with Gasteiger partial charge in [0.1, 0.15) is 12.4 Å². The third-order valence-corrected chi connectivity index (χ3v) is 5.22. The van der Waals surface area contributed by atoms with Crippen molar-refractivity contribution >= 4 is 34.6 Å². The van der Waals surface area contributed by atoms with Crippen LogP contribution in [0.1, 0.15) is 17.5 Å². The third kappa shape index (κ3) is 4.91. The van der Waals surface area contributed by atoms with Gasteiger partial charge >= 0.3 is 0 Å². The Hall–Kier alpha value is -1.69. The minimum Gasteiger partial charge on any atom is -0.332 e. The molecule has 0 amide bonds. The van der Waals surface area contributed by atoms with E-state index in [-0.39, 0.29) is 5.82 Å². The van der Waals surface area contributed by atoms with Crippen LogP contribution < -0.4 is 10.2 Å². The standard InChI is InChI=1S/C19H21ClFN3S/c1-14-3-8-17(11-18(14)20)22-19(25)24-10-2-9-23(13-24)12-15-4-6-16(21)7-5-15/h3-8,11H,2,9-10,12-13H2,1H3,(H,22,25)/p+1. The fourth-order valence-electron chi connectivity index (χ4n) is 3.03. The third-order valence-electron chi connectivity index (χ3n) is 4.45. The average molecular weight is 379 g/mol. The fourth-order valence-corrected chi connectivity index (χ4v) is 3.48. The maximum Gasteiger partial charge on any atom is 0.177 e. The van der Waals surface area contributed by atoms with Gasteiger partial charge in [0.2, 0.25) is 0 Å². The Morgan fingerprint density at radius 3 is 2.76 bits per heavy atom. The van der Waals surface area contributed by atoms with Gasteiger partial charge < -0.3 is 15.1 Å². The molecule has 2 N–H and O–H groups in total. The summed E-state index contributed by atoms with van der Waals surface area (Å²) < 4.78 is 13.0. The molecule has 25 heavy (non-hydrogen) atoms. The van der Waals surface area contributed by atoms with Crippen molar-refractivity contribution in [1.29, 1.82) is 0 Å². The second-order valence-electron chi connectivity index (χ2n) is 6.47. The molecule has 132 valence electrons. The van der Waals surface area contributed by atoms with E-state index in [1.165, 1.54) is 17.0 Å². The first-order valence-corrected chi connectivity index (χ1v) is 9.20. The van der Waals surface area contributed by atoms with Gasteiger partial charge in [-0.25, -0.2) is 4.39 Å². The second kappa shape index (κ2) is 8.13. The number of thiocarbonyl (C=S) groups is 1. The van der Waals surface area contributed by atoms with Crippen LogP contribution in [0.25, 0.3) is 0 Å². The molecule has 1 heterocycles. The minimum absolute atomic E-state index is 0.193. The lowest BCUT2D eigenvalue weighted by molar-refractivity contribution is -0.927. The number of benzene rings is 2. The first kappa shape index (κ1) is 18.1. The molecule has 0 saturated carbocycles. The summed E-state index contributed by atoms with van der Waals surface area (Å²) in [7, 11) is 0. The van der Waals surface area contributed by atoms with Crippen molar-refractivity contribution < 1.29 is 9.29 Å². The number of quaternary nitrogens is 1. The topological polar surface area (TPSA) is 19.7 Å². The summed E-state index contributed by atoms with van der Waals surface area (Å²) in [5.41, 5.74) is 3.10. The molecule has 1 aliphatic rings. The molecule has 1 atom stereocenters. The molecule has 0 radical (unpaired) electrons. The number of aryl methyl sites for hydroxylation is 1. The highest BCUT2D eigenvalue weighted by molar-refractivity contribution is 7.80. The fraction of sp³-hybridized carbons (Fsp3) is 0.316. The van der Waals surface area contributed by atoms with Crippen molar-refractivity contribution in [3.05, 3.63) is 64.4 Å². The van der Waals surface area contributed by atoms with Gasteiger partial charge in [-0.2, -0.15) is 0 Å². The molecule has 1 unspecified atom stereocenters. The van der Waals surface area contributed by atoms with Crippen LogP contribution in [0, 0.1) is 12.7 Å². The van der Waals surface area contributed by atoms with Gasteiger partial charge in [0.25, 0.3) is 0 Å². The number of hydrogen-bond donors (Lipinski definition) is 2. The number of anilines is 1. The molecule has 0 aliphatic carbocycles. The molecule has 6 heteroatoms. The van der Waals surface area contributed by atoms with E-state index in [0.717, 1.165) is 59.7 Å². The lowest BCUT2D eigenvalue weighted by atomic mass is 10.2. The lowest BCUT2D eigenvalue weighted by Gasteiger charge is -2.34. The van der Waals surface area contributed by atoms with Gasteiger partial charge in [-0.15, -0.1) is 0 Å². The quantitative estimate of drug-likeness (QED) is 0.800. The Kier molecular flexibility index (Phi) is 5.89. The van der Waals surface area contributed by atoms with Gasteiger partial charge in [-0.05, 0) is 49.0 Å². The molecular formula is C19H22ClFN3S+. The highest BCUT2D eigenvalue weighted by Crippen LogP contribution is 2.20. The van der Waals surface area contributed by atoms with Crippen LogP contribution in [0.3, 0.4) is 0 Å². The van der Waals surface area contributed by atoms with Crippen LogP contribution in [0.5, 0.6) is 0 Å². The van der Waals surface area contributed by atoms with E-state index >= 15 is 0 Å². The molecule has 1 aliphatic heterocycles. The molecule has 2 aromatic rings. The average Bonchev–Trinajstić information content (AvgIpc) is 2.60. The van der Waals surface area contributed by atoms with Gasteiger partial charge in [0, 0.05) is 29.2 Å². The predicted octanol–water partition coefficient (Wildman–Crippen LogP) is 3.23. The molecule has 3 nitrogen and oxygen atoms in total. The molecular weight excluding hydrogens is 357 g/mol. The van der Waals surface area contributed by atoms with Crippen molar-refractivity contribution in [3.8, 4) is 0 Å². The van der Waals surface area contributed by atoms with Crippen molar-refractivity contribution in [1.82, 2.24) is 4.90 Å². The zero-order chi connectivity index (χ0) is 17.8. The molecule has 3 rings (SSSR count). The van der Waals surface area contributed by atoms with E-state index in [1.54, 1.807) is 0 Å². The number of halogens is 2. The zero-order valence-corrected chi connectivity index (χ0v) is 15.8. The summed E-state index contributed by atoms with van der Waals surface area (Å²) in [5.74, 6) is -0.193. The molecule has 1 saturated heterocycles. The van der Waals surface area contributed by atoms with Gasteiger partial charge in [-0.3, -0.25) is 0 Å². The first-order valence-electron chi connectivity index (χ1n) is 8.41. The van der Waals surface area contributed by atoms with E-state index < -0.39 is 0 Å². The Morgan fingerprint density at radius 2 is 2.04 bits per heavy atom. The summed E-state index contributed by atoms with van der Waals surface area (Å²) in [6.07, 6.45) is 1.08. The Balaban J connectivity index is 1.59. The van der Waals surface area contributed by atoms with Crippen LogP contribution >= 0.6 is 23.8 Å². The molecule has 0 bridgehead atoms. The number of nitrogens with zero attached hydrogens (tertiary/aromatic N) is 1. The van der Waals surface area contributed by atoms with Crippen molar-refractivity contribution in [3.63, 3.8) is 0 Å². The summed E-state index contributed by atoms with van der Waals surface area (Å²) in [6, 6.07) is 12.6. The normalized spacial score (nSPS) is 17.4. The number of hydrogen-bond acceptors (Lipinski definition) is 1. The van der Waals surface area contributed by atoms with Crippen molar-refractivity contribution in [2.45, 2.75) is 19.9 Å². The Morgan fingerprint density at radius 1 is 1.28 bits per heavy atom. The van der Waals surface area contributed by atoms with Crippen molar-refractivity contribution in [2.24, 2.45) is 0 Å². The Bertz CT molecular complexity index is 751. The van der Waals surface area contributed by atoms with E-state index in [2.05, 4.69) is 10.2 Å². The van der Waals surface area contributed by atoms with Crippen LogP contribution in [0.4, 0.5) is 10.1 Å². The van der Waals surface area contributed by atoms with E-state index in [0.29, 0.717) is 0 Å². The van der Waals surface area contributed by atoms with Crippen LogP contribution in [0.2, 0.25) is 5.02 Å². The predicted molar refractivity (Wildman–Crippen MR) is 105 cm³/mol.